The molecule has 0 atom stereocenters. The molecule has 0 radical (unpaired) electrons. The number of rotatable bonds is 7. The van der Waals surface area contributed by atoms with Gasteiger partial charge >= 0.3 is 6.03 Å². The predicted molar refractivity (Wildman–Crippen MR) is 91.3 cm³/mol. The molecule has 6 heteroatoms. The molecule has 0 aliphatic rings. The van der Waals surface area contributed by atoms with Crippen LogP contribution >= 0.6 is 0 Å². The first kappa shape index (κ1) is 17.6. The standard InChI is InChI=1S/C18H21FN2O3/c1-3-24-17-12-15(8-9-16(17)23-2)21-18(22)20-11-10-13-4-6-14(19)7-5-13/h4-9,12H,3,10-11H2,1-2H3,(H2,20,21,22). The molecule has 0 aliphatic heterocycles. The van der Waals surface area contributed by atoms with E-state index >= 15 is 0 Å². The van der Waals surface area contributed by atoms with Crippen LogP contribution < -0.4 is 20.1 Å². The van der Waals surface area contributed by atoms with Gasteiger partial charge in [0.25, 0.3) is 0 Å². The van der Waals surface area contributed by atoms with Crippen molar-refractivity contribution in [3.8, 4) is 11.5 Å². The fraction of sp³-hybridized carbons (Fsp3) is 0.278. The van der Waals surface area contributed by atoms with Crippen LogP contribution in [0.25, 0.3) is 0 Å². The molecule has 0 saturated carbocycles. The lowest BCUT2D eigenvalue weighted by molar-refractivity contribution is 0.252. The lowest BCUT2D eigenvalue weighted by Gasteiger charge is -2.12. The molecule has 0 spiro atoms. The van der Waals surface area contributed by atoms with Crippen molar-refractivity contribution in [2.24, 2.45) is 0 Å². The van der Waals surface area contributed by atoms with Gasteiger partial charge < -0.3 is 20.1 Å². The van der Waals surface area contributed by atoms with Crippen molar-refractivity contribution >= 4 is 11.7 Å². The number of carbonyl (C=O) groups is 1. The highest BCUT2D eigenvalue weighted by molar-refractivity contribution is 5.89. The molecule has 0 fully saturated rings. The number of nitrogens with one attached hydrogen (secondary N) is 2. The fourth-order valence-corrected chi connectivity index (χ4v) is 2.17. The molecule has 2 amide bonds. The van der Waals surface area contributed by atoms with Gasteiger partial charge in [0.15, 0.2) is 11.5 Å². The van der Waals surface area contributed by atoms with Gasteiger partial charge in [0.1, 0.15) is 5.82 Å². The minimum Gasteiger partial charge on any atom is -0.493 e. The van der Waals surface area contributed by atoms with Crippen LogP contribution in [0.1, 0.15) is 12.5 Å². The van der Waals surface area contributed by atoms with E-state index in [1.807, 2.05) is 6.92 Å². The molecule has 0 unspecified atom stereocenters. The molecule has 2 aromatic carbocycles. The largest absolute Gasteiger partial charge is 0.493 e. The van der Waals surface area contributed by atoms with Crippen molar-refractivity contribution in [1.29, 1.82) is 0 Å². The van der Waals surface area contributed by atoms with Crippen LogP contribution in [0.4, 0.5) is 14.9 Å². The second kappa shape index (κ2) is 8.76. The highest BCUT2D eigenvalue weighted by atomic mass is 19.1. The highest BCUT2D eigenvalue weighted by Gasteiger charge is 2.07. The molecule has 0 aromatic heterocycles. The molecule has 2 aromatic rings. The minimum absolute atomic E-state index is 0.269. The number of amides is 2. The molecule has 2 rings (SSSR count). The van der Waals surface area contributed by atoms with Crippen molar-refractivity contribution < 1.29 is 18.7 Å². The Morgan fingerprint density at radius 1 is 1.12 bits per heavy atom. The van der Waals surface area contributed by atoms with Gasteiger partial charge in [-0.05, 0) is 43.2 Å². The monoisotopic (exact) mass is 332 g/mol. The smallest absolute Gasteiger partial charge is 0.319 e. The summed E-state index contributed by atoms with van der Waals surface area (Å²) in [5.74, 6) is 0.914. The highest BCUT2D eigenvalue weighted by Crippen LogP contribution is 2.30. The number of urea groups is 1. The van der Waals surface area contributed by atoms with E-state index in [9.17, 15) is 9.18 Å². The zero-order valence-electron chi connectivity index (χ0n) is 13.8. The number of halogens is 1. The van der Waals surface area contributed by atoms with Crippen LogP contribution in [0, 0.1) is 5.82 Å². The Morgan fingerprint density at radius 3 is 2.54 bits per heavy atom. The number of anilines is 1. The van der Waals surface area contributed by atoms with Crippen LogP contribution in [0.5, 0.6) is 11.5 Å². The van der Waals surface area contributed by atoms with E-state index < -0.39 is 0 Å². The van der Waals surface area contributed by atoms with Crippen molar-refractivity contribution in [3.63, 3.8) is 0 Å². The van der Waals surface area contributed by atoms with Crippen LogP contribution in [-0.4, -0.2) is 26.3 Å². The third-order valence-corrected chi connectivity index (χ3v) is 3.33. The van der Waals surface area contributed by atoms with E-state index in [0.29, 0.717) is 36.8 Å². The summed E-state index contributed by atoms with van der Waals surface area (Å²) in [6.07, 6.45) is 0.626. The van der Waals surface area contributed by atoms with Gasteiger partial charge in [-0.15, -0.1) is 0 Å². The quantitative estimate of drug-likeness (QED) is 0.814. The molecule has 128 valence electrons. The van der Waals surface area contributed by atoms with E-state index in [1.165, 1.54) is 12.1 Å². The molecular weight excluding hydrogens is 311 g/mol. The topological polar surface area (TPSA) is 59.6 Å². The predicted octanol–water partition coefficient (Wildman–Crippen LogP) is 3.60. The van der Waals surface area contributed by atoms with E-state index in [4.69, 9.17) is 9.47 Å². The van der Waals surface area contributed by atoms with Crippen LogP contribution in [0.15, 0.2) is 42.5 Å². The normalized spacial score (nSPS) is 10.1. The lowest BCUT2D eigenvalue weighted by atomic mass is 10.1. The fourth-order valence-electron chi connectivity index (χ4n) is 2.17. The Labute approximate surface area is 140 Å². The Morgan fingerprint density at radius 2 is 1.88 bits per heavy atom. The Hall–Kier alpha value is -2.76. The Bertz CT molecular complexity index is 674. The molecule has 24 heavy (non-hydrogen) atoms. The van der Waals surface area contributed by atoms with Crippen molar-refractivity contribution in [3.05, 3.63) is 53.8 Å². The first-order valence-electron chi connectivity index (χ1n) is 7.72. The maximum atomic E-state index is 12.8. The Kier molecular flexibility index (Phi) is 6.42. The van der Waals surface area contributed by atoms with Gasteiger partial charge in [-0.2, -0.15) is 0 Å². The van der Waals surface area contributed by atoms with Gasteiger partial charge in [0.05, 0.1) is 13.7 Å². The van der Waals surface area contributed by atoms with Crippen LogP contribution in [0.3, 0.4) is 0 Å². The lowest BCUT2D eigenvalue weighted by Crippen LogP contribution is -2.30. The second-order valence-electron chi connectivity index (χ2n) is 5.06. The zero-order valence-corrected chi connectivity index (χ0v) is 13.8. The summed E-state index contributed by atoms with van der Waals surface area (Å²) in [7, 11) is 1.56. The third kappa shape index (κ3) is 5.15. The molecule has 5 nitrogen and oxygen atoms in total. The first-order valence-corrected chi connectivity index (χ1v) is 7.72. The molecule has 0 aliphatic carbocycles. The van der Waals surface area contributed by atoms with E-state index in [1.54, 1.807) is 37.4 Å². The number of hydrogen-bond acceptors (Lipinski definition) is 3. The SMILES string of the molecule is CCOc1cc(NC(=O)NCCc2ccc(F)cc2)ccc1OC. The number of hydrogen-bond donors (Lipinski definition) is 2. The second-order valence-corrected chi connectivity index (χ2v) is 5.06. The number of benzene rings is 2. The molecule has 0 saturated heterocycles. The van der Waals surface area contributed by atoms with Gasteiger partial charge in [0.2, 0.25) is 0 Å². The van der Waals surface area contributed by atoms with Crippen molar-refractivity contribution in [2.75, 3.05) is 25.6 Å². The van der Waals surface area contributed by atoms with Gasteiger partial charge in [-0.3, -0.25) is 0 Å². The van der Waals surface area contributed by atoms with E-state index in [2.05, 4.69) is 10.6 Å². The molecular formula is C18H21FN2O3. The van der Waals surface area contributed by atoms with E-state index in [0.717, 1.165) is 5.56 Å². The summed E-state index contributed by atoms with van der Waals surface area (Å²) in [6.45, 7) is 2.83. The maximum absolute atomic E-state index is 12.8. The molecule has 0 heterocycles. The van der Waals surface area contributed by atoms with E-state index in [-0.39, 0.29) is 11.8 Å². The summed E-state index contributed by atoms with van der Waals surface area (Å²) in [5.41, 5.74) is 1.57. The first-order chi connectivity index (χ1) is 11.6. The number of methoxy groups -OCH3 is 1. The number of ether oxygens (including phenoxy) is 2. The van der Waals surface area contributed by atoms with Crippen molar-refractivity contribution in [1.82, 2.24) is 5.32 Å². The molecule has 2 N–H and O–H groups in total. The minimum atomic E-state index is -0.315. The summed E-state index contributed by atoms with van der Waals surface area (Å²) in [6, 6.07) is 11.1. The van der Waals surface area contributed by atoms with Gasteiger partial charge in [-0.25, -0.2) is 9.18 Å². The average Bonchev–Trinajstić information content (AvgIpc) is 2.57. The van der Waals surface area contributed by atoms with Crippen molar-refractivity contribution in [2.45, 2.75) is 13.3 Å². The van der Waals surface area contributed by atoms with Gasteiger partial charge in [-0.1, -0.05) is 12.1 Å². The van der Waals surface area contributed by atoms with Gasteiger partial charge in [0, 0.05) is 18.3 Å². The number of carbonyl (C=O) groups excluding carboxylic acids is 1. The van der Waals surface area contributed by atoms with Crippen LogP contribution in [-0.2, 0) is 6.42 Å². The summed E-state index contributed by atoms with van der Waals surface area (Å²) >= 11 is 0. The summed E-state index contributed by atoms with van der Waals surface area (Å²) < 4.78 is 23.5. The van der Waals surface area contributed by atoms with Crippen LogP contribution in [0.2, 0.25) is 0 Å². The average molecular weight is 332 g/mol. The zero-order chi connectivity index (χ0) is 17.4. The third-order valence-electron chi connectivity index (χ3n) is 3.33. The maximum Gasteiger partial charge on any atom is 0.319 e. The summed E-state index contributed by atoms with van der Waals surface area (Å²) in [5, 5.41) is 5.50. The Balaban J connectivity index is 1.85. The summed E-state index contributed by atoms with van der Waals surface area (Å²) in [4.78, 5) is 11.9. The molecule has 0 bridgehead atoms.